The van der Waals surface area contributed by atoms with E-state index in [2.05, 4.69) is 33.0 Å². The molecule has 0 unspecified atom stereocenters. The first kappa shape index (κ1) is 42.0. The Bertz CT molecular complexity index is 1110. The molecule has 0 spiro atoms. The summed E-state index contributed by atoms with van der Waals surface area (Å²) in [6.45, 7) is 24.8. The number of ether oxygens (including phenoxy) is 1. The van der Waals surface area contributed by atoms with Gasteiger partial charge in [-0.05, 0) is 49.4 Å². The van der Waals surface area contributed by atoms with Gasteiger partial charge in [0.05, 0.1) is 38.8 Å². The minimum atomic E-state index is -5.01. The Hall–Kier alpha value is -1.99. The van der Waals surface area contributed by atoms with Crippen molar-refractivity contribution in [3.8, 4) is 0 Å². The second-order valence-corrected chi connectivity index (χ2v) is 20.1. The number of β-lactam (4-membered cyclic amide) rings is 1. The summed E-state index contributed by atoms with van der Waals surface area (Å²) in [5.74, 6) is -1.000. The lowest BCUT2D eigenvalue weighted by molar-refractivity contribution is -0.929. The van der Waals surface area contributed by atoms with Crippen molar-refractivity contribution in [2.24, 2.45) is 0 Å². The molecule has 0 bridgehead atoms. The molecule has 1 aromatic rings. The molecule has 0 aromatic heterocycles. The third kappa shape index (κ3) is 13.6. The number of hydrogen-bond acceptors (Lipinski definition) is 7. The summed E-state index contributed by atoms with van der Waals surface area (Å²) in [5, 5.41) is 2.19. The molecule has 2 rings (SSSR count). The topological polar surface area (TPSA) is 125 Å². The Balaban J connectivity index is 0.000000533. The zero-order valence-electron chi connectivity index (χ0n) is 30.1. The number of nitrogens with one attached hydrogen (secondary N) is 1. The van der Waals surface area contributed by atoms with Crippen molar-refractivity contribution in [2.45, 2.75) is 137 Å². The predicted molar refractivity (Wildman–Crippen MR) is 186 cm³/mol. The summed E-state index contributed by atoms with van der Waals surface area (Å²) in [5.41, 5.74) is 0.754. The quantitative estimate of drug-likeness (QED) is 0.0721. The number of rotatable bonds is 19. The highest BCUT2D eigenvalue weighted by Gasteiger charge is 2.53. The van der Waals surface area contributed by atoms with Crippen LogP contribution in [0.3, 0.4) is 0 Å². The monoisotopic (exact) mass is 685 g/mol. The van der Waals surface area contributed by atoms with Gasteiger partial charge in [0.2, 0.25) is 0 Å². The number of alkyl carbamates (subject to hydrolysis) is 1. The molecule has 1 fully saturated rings. The van der Waals surface area contributed by atoms with E-state index in [9.17, 15) is 22.6 Å². The molecule has 0 aliphatic carbocycles. The summed E-state index contributed by atoms with van der Waals surface area (Å²) in [7, 11) is -7.28. The van der Waals surface area contributed by atoms with Crippen molar-refractivity contribution in [3.63, 3.8) is 0 Å². The standard InChI is InChI=1S/C18H28N2O7SSi.C16H36N/c1-18(2,3)29(4,5)27-12-14-15(16(21)20(14)28(23,24)25)19-17(22)26-11-13-9-7-6-8-10-13;1-5-9-13-17(14-10-6-2,15-11-7-3)16-12-8-4/h6-10,14-15H,11-12H2,1-5H3,(H,19,22)(H,23,24,25);5-16H2,1-4H3/q;+1/p-1/t14-,15+;/m1./s1. The van der Waals surface area contributed by atoms with Crippen molar-refractivity contribution in [2.75, 3.05) is 32.8 Å². The van der Waals surface area contributed by atoms with E-state index in [1.165, 1.54) is 82.0 Å². The largest absolute Gasteiger partial charge is 0.731 e. The second kappa shape index (κ2) is 19.7. The van der Waals surface area contributed by atoms with Crippen LogP contribution < -0.4 is 5.32 Å². The van der Waals surface area contributed by atoms with Crippen LogP contribution in [0.15, 0.2) is 30.3 Å². The number of unbranched alkanes of at least 4 members (excludes halogenated alkanes) is 4. The van der Waals surface area contributed by atoms with Crippen molar-refractivity contribution >= 4 is 30.6 Å². The zero-order valence-corrected chi connectivity index (χ0v) is 31.9. The van der Waals surface area contributed by atoms with E-state index in [-0.39, 0.29) is 22.6 Å². The van der Waals surface area contributed by atoms with Crippen LogP contribution in [0.1, 0.15) is 105 Å². The average molecular weight is 686 g/mol. The van der Waals surface area contributed by atoms with Gasteiger partial charge in [0, 0.05) is 0 Å². The number of amides is 2. The fraction of sp³-hybridized carbons (Fsp3) is 0.765. The summed E-state index contributed by atoms with van der Waals surface area (Å²) in [4.78, 5) is 24.2. The van der Waals surface area contributed by atoms with E-state index in [4.69, 9.17) is 9.16 Å². The molecule has 1 aliphatic heterocycles. The van der Waals surface area contributed by atoms with Gasteiger partial charge in [-0.25, -0.2) is 17.5 Å². The number of quaternary nitrogens is 1. The van der Waals surface area contributed by atoms with Gasteiger partial charge < -0.3 is 23.5 Å². The fourth-order valence-electron chi connectivity index (χ4n) is 5.16. The van der Waals surface area contributed by atoms with E-state index in [0.717, 1.165) is 5.56 Å². The zero-order chi connectivity index (χ0) is 35.0. The highest BCUT2D eigenvalue weighted by Crippen LogP contribution is 2.37. The molecular formula is C34H63N3O7SSi. The molecule has 12 heteroatoms. The Kier molecular flexibility index (Phi) is 18.0. The smallest absolute Gasteiger partial charge is 0.408 e. The maximum atomic E-state index is 12.2. The molecule has 10 nitrogen and oxygen atoms in total. The Morgan fingerprint density at radius 1 is 0.913 bits per heavy atom. The fourth-order valence-corrected chi connectivity index (χ4v) is 7.03. The van der Waals surface area contributed by atoms with Crippen LogP contribution in [0.2, 0.25) is 18.1 Å². The van der Waals surface area contributed by atoms with Crippen molar-refractivity contribution < 1.29 is 36.2 Å². The lowest BCUT2D eigenvalue weighted by Crippen LogP contribution is -2.73. The predicted octanol–water partition coefficient (Wildman–Crippen LogP) is 6.98. The average Bonchev–Trinajstić information content (AvgIpc) is 2.99. The maximum absolute atomic E-state index is 12.2. The summed E-state index contributed by atoms with van der Waals surface area (Å²) >= 11 is 0. The highest BCUT2D eigenvalue weighted by atomic mass is 32.2. The van der Waals surface area contributed by atoms with Crippen molar-refractivity contribution in [1.29, 1.82) is 0 Å². The maximum Gasteiger partial charge on any atom is 0.408 e. The molecule has 1 N–H and O–H groups in total. The first-order valence-corrected chi connectivity index (χ1v) is 21.5. The van der Waals surface area contributed by atoms with Crippen molar-refractivity contribution in [3.05, 3.63) is 35.9 Å². The van der Waals surface area contributed by atoms with Crippen molar-refractivity contribution in [1.82, 2.24) is 9.62 Å². The van der Waals surface area contributed by atoms with Crippen LogP contribution in [0.25, 0.3) is 0 Å². The SMILES string of the molecule is CC(C)(C)[Si](C)(C)OC[C@@H]1[C@H](NC(=O)OCc2ccccc2)C(=O)N1S(=O)(=O)[O-].CCCC[N+](CCCC)(CCCC)CCCC. The number of nitrogens with zero attached hydrogens (tertiary/aromatic N) is 2. The Morgan fingerprint density at radius 3 is 1.76 bits per heavy atom. The van der Waals surface area contributed by atoms with Crippen LogP contribution in [-0.4, -0.2) is 86.9 Å². The number of hydrogen-bond donors (Lipinski definition) is 1. The third-order valence-corrected chi connectivity index (χ3v) is 14.7. The van der Waals surface area contributed by atoms with Gasteiger partial charge in [-0.3, -0.25) is 4.79 Å². The van der Waals surface area contributed by atoms with Gasteiger partial charge >= 0.3 is 6.09 Å². The molecule has 0 saturated carbocycles. The number of carbonyl (C=O) groups excluding carboxylic acids is 2. The summed E-state index contributed by atoms with van der Waals surface area (Å²) < 4.78 is 47.1. The number of carbonyl (C=O) groups is 2. The van der Waals surface area contributed by atoms with E-state index >= 15 is 0 Å². The van der Waals surface area contributed by atoms with E-state index in [1.54, 1.807) is 24.3 Å². The lowest BCUT2D eigenvalue weighted by Gasteiger charge is -2.48. The van der Waals surface area contributed by atoms with Crippen LogP contribution >= 0.6 is 0 Å². The first-order valence-electron chi connectivity index (χ1n) is 17.2. The molecule has 1 heterocycles. The van der Waals surface area contributed by atoms with Gasteiger partial charge in [0.25, 0.3) is 5.91 Å². The van der Waals surface area contributed by atoms with Crippen LogP contribution in [0.4, 0.5) is 4.79 Å². The van der Waals surface area contributed by atoms with Gasteiger partial charge in [-0.15, -0.1) is 0 Å². The number of benzene rings is 1. The van der Waals surface area contributed by atoms with E-state index in [1.807, 2.05) is 39.9 Å². The molecule has 46 heavy (non-hydrogen) atoms. The normalized spacial score (nSPS) is 17.2. The van der Waals surface area contributed by atoms with Crippen LogP contribution in [-0.2, 0) is 30.9 Å². The second-order valence-electron chi connectivity index (χ2n) is 14.1. The lowest BCUT2D eigenvalue weighted by atomic mass is 10.0. The highest BCUT2D eigenvalue weighted by molar-refractivity contribution is 7.84. The molecule has 2 atom stereocenters. The van der Waals surface area contributed by atoms with Gasteiger partial charge in [-0.1, -0.05) is 104 Å². The van der Waals surface area contributed by atoms with E-state index < -0.39 is 42.7 Å². The van der Waals surface area contributed by atoms with Gasteiger partial charge in [0.1, 0.15) is 12.6 Å². The molecule has 1 aliphatic rings. The summed E-state index contributed by atoms with van der Waals surface area (Å²) in [6.07, 6.45) is 10.2. The molecule has 2 amide bonds. The molecule has 1 aromatic carbocycles. The third-order valence-electron chi connectivity index (χ3n) is 9.26. The minimum absolute atomic E-state index is 0.0116. The first-order chi connectivity index (χ1) is 21.5. The molecule has 266 valence electrons. The molecular weight excluding hydrogens is 623 g/mol. The Morgan fingerprint density at radius 2 is 1.37 bits per heavy atom. The van der Waals surface area contributed by atoms with Crippen LogP contribution in [0.5, 0.6) is 0 Å². The minimum Gasteiger partial charge on any atom is -0.731 e. The van der Waals surface area contributed by atoms with Gasteiger partial charge in [0.15, 0.2) is 18.6 Å². The van der Waals surface area contributed by atoms with Crippen LogP contribution in [0, 0.1) is 0 Å². The summed E-state index contributed by atoms with van der Waals surface area (Å²) in [6, 6.07) is 6.62. The molecule has 0 radical (unpaired) electrons. The Labute approximate surface area is 281 Å². The molecule has 1 saturated heterocycles. The van der Waals surface area contributed by atoms with E-state index in [0.29, 0.717) is 0 Å². The van der Waals surface area contributed by atoms with Gasteiger partial charge in [-0.2, -0.15) is 0 Å².